The molecule has 0 aliphatic carbocycles. The minimum absolute atomic E-state index is 0.0984. The summed E-state index contributed by atoms with van der Waals surface area (Å²) in [5.41, 5.74) is 3.15. The van der Waals surface area contributed by atoms with Gasteiger partial charge in [0, 0.05) is 37.5 Å². The molecule has 2 aromatic rings. The zero-order valence-electron chi connectivity index (χ0n) is 15.5. The van der Waals surface area contributed by atoms with E-state index in [2.05, 4.69) is 15.4 Å². The van der Waals surface area contributed by atoms with E-state index in [4.69, 9.17) is 4.98 Å². The van der Waals surface area contributed by atoms with Crippen LogP contribution in [0.5, 0.6) is 0 Å². The summed E-state index contributed by atoms with van der Waals surface area (Å²) in [5, 5.41) is 7.83. The van der Waals surface area contributed by atoms with Crippen molar-refractivity contribution in [3.63, 3.8) is 0 Å². The quantitative estimate of drug-likeness (QED) is 0.903. The van der Waals surface area contributed by atoms with Crippen LogP contribution in [0.25, 0.3) is 0 Å². The second-order valence-corrected chi connectivity index (χ2v) is 7.44. The lowest BCUT2D eigenvalue weighted by molar-refractivity contribution is -0.136. The van der Waals surface area contributed by atoms with E-state index < -0.39 is 0 Å². The summed E-state index contributed by atoms with van der Waals surface area (Å²) >= 11 is 0. The van der Waals surface area contributed by atoms with Crippen molar-refractivity contribution >= 4 is 5.91 Å². The molecular formula is C19H26N6O. The van der Waals surface area contributed by atoms with Crippen LogP contribution in [0.1, 0.15) is 48.6 Å². The molecule has 1 amide bonds. The third-order valence-electron chi connectivity index (χ3n) is 5.29. The van der Waals surface area contributed by atoms with E-state index in [1.165, 1.54) is 6.42 Å². The van der Waals surface area contributed by atoms with Crippen LogP contribution in [0, 0.1) is 12.8 Å². The van der Waals surface area contributed by atoms with Gasteiger partial charge < -0.3 is 10.2 Å². The van der Waals surface area contributed by atoms with E-state index in [0.29, 0.717) is 13.1 Å². The fraction of sp³-hybridized carbons (Fsp3) is 0.579. The molecule has 0 radical (unpaired) electrons. The number of aryl methyl sites for hydroxylation is 1. The molecule has 2 aromatic heterocycles. The van der Waals surface area contributed by atoms with Crippen molar-refractivity contribution in [3.05, 3.63) is 41.2 Å². The molecule has 2 aliphatic rings. The molecule has 1 N–H and O–H groups in total. The Labute approximate surface area is 153 Å². The Kier molecular flexibility index (Phi) is 4.72. The lowest BCUT2D eigenvalue weighted by Gasteiger charge is -2.30. The zero-order chi connectivity index (χ0) is 18.1. The SMILES string of the molecule is Cc1ccn(CC(C)C(=O)N2CCc3nc(C4CCCN4)ncc3C2)n1. The molecule has 138 valence electrons. The summed E-state index contributed by atoms with van der Waals surface area (Å²) in [6.07, 6.45) is 6.93. The van der Waals surface area contributed by atoms with Gasteiger partial charge in [0.05, 0.1) is 29.9 Å². The fourth-order valence-electron chi connectivity index (χ4n) is 3.83. The van der Waals surface area contributed by atoms with Gasteiger partial charge >= 0.3 is 0 Å². The Morgan fingerprint density at radius 2 is 2.35 bits per heavy atom. The van der Waals surface area contributed by atoms with Gasteiger partial charge in [0.2, 0.25) is 5.91 Å². The topological polar surface area (TPSA) is 75.9 Å². The monoisotopic (exact) mass is 354 g/mol. The van der Waals surface area contributed by atoms with Crippen molar-refractivity contribution in [1.82, 2.24) is 30.0 Å². The van der Waals surface area contributed by atoms with E-state index in [1.54, 1.807) is 0 Å². The predicted molar refractivity (Wildman–Crippen MR) is 97.3 cm³/mol. The van der Waals surface area contributed by atoms with Crippen LogP contribution >= 0.6 is 0 Å². The van der Waals surface area contributed by atoms with E-state index in [0.717, 1.165) is 48.7 Å². The van der Waals surface area contributed by atoms with Gasteiger partial charge in [0.1, 0.15) is 5.82 Å². The highest BCUT2D eigenvalue weighted by atomic mass is 16.2. The second kappa shape index (κ2) is 7.15. The lowest BCUT2D eigenvalue weighted by atomic mass is 10.0. The molecule has 4 heterocycles. The molecule has 2 aliphatic heterocycles. The maximum atomic E-state index is 12.8. The molecule has 0 saturated carbocycles. The van der Waals surface area contributed by atoms with E-state index in [9.17, 15) is 4.79 Å². The highest BCUT2D eigenvalue weighted by molar-refractivity contribution is 5.78. The number of nitrogens with zero attached hydrogens (tertiary/aromatic N) is 5. The van der Waals surface area contributed by atoms with Crippen molar-refractivity contribution in [1.29, 1.82) is 0 Å². The molecule has 7 nitrogen and oxygen atoms in total. The maximum absolute atomic E-state index is 12.8. The summed E-state index contributed by atoms with van der Waals surface area (Å²) < 4.78 is 1.85. The molecule has 2 atom stereocenters. The molecule has 0 bridgehead atoms. The fourth-order valence-corrected chi connectivity index (χ4v) is 3.83. The van der Waals surface area contributed by atoms with Gasteiger partial charge in [-0.05, 0) is 32.4 Å². The zero-order valence-corrected chi connectivity index (χ0v) is 15.5. The molecule has 1 saturated heterocycles. The third-order valence-corrected chi connectivity index (χ3v) is 5.29. The van der Waals surface area contributed by atoms with E-state index in [1.807, 2.05) is 41.9 Å². The van der Waals surface area contributed by atoms with Crippen molar-refractivity contribution < 1.29 is 4.79 Å². The van der Waals surface area contributed by atoms with E-state index >= 15 is 0 Å². The number of aromatic nitrogens is 4. The summed E-state index contributed by atoms with van der Waals surface area (Å²) in [5.74, 6) is 0.979. The van der Waals surface area contributed by atoms with Crippen LogP contribution in [0.3, 0.4) is 0 Å². The standard InChI is InChI=1S/C19H26N6O/c1-13(11-25-9-5-14(2)23-25)19(26)24-8-6-16-15(12-24)10-21-18(22-16)17-4-3-7-20-17/h5,9-10,13,17,20H,3-4,6-8,11-12H2,1-2H3. The summed E-state index contributed by atoms with van der Waals surface area (Å²) in [7, 11) is 0. The summed E-state index contributed by atoms with van der Waals surface area (Å²) in [6, 6.07) is 2.25. The Balaban J connectivity index is 1.41. The first-order valence-corrected chi connectivity index (χ1v) is 9.47. The van der Waals surface area contributed by atoms with Crippen LogP contribution < -0.4 is 5.32 Å². The van der Waals surface area contributed by atoms with Crippen LogP contribution in [0.2, 0.25) is 0 Å². The van der Waals surface area contributed by atoms with Crippen LogP contribution in [0.4, 0.5) is 0 Å². The molecule has 2 unspecified atom stereocenters. The first-order chi connectivity index (χ1) is 12.6. The number of hydrogen-bond acceptors (Lipinski definition) is 5. The average Bonchev–Trinajstić information content (AvgIpc) is 3.32. The highest BCUT2D eigenvalue weighted by Crippen LogP contribution is 2.23. The third kappa shape index (κ3) is 3.49. The van der Waals surface area contributed by atoms with E-state index in [-0.39, 0.29) is 17.9 Å². The number of fused-ring (bicyclic) bond motifs is 1. The van der Waals surface area contributed by atoms with Crippen molar-refractivity contribution in [2.24, 2.45) is 5.92 Å². The van der Waals surface area contributed by atoms with Crippen molar-refractivity contribution in [2.45, 2.75) is 52.2 Å². The largest absolute Gasteiger partial charge is 0.338 e. The first-order valence-electron chi connectivity index (χ1n) is 9.47. The Morgan fingerprint density at radius 3 is 3.08 bits per heavy atom. The number of carbonyl (C=O) groups excluding carboxylic acids is 1. The molecule has 7 heteroatoms. The minimum Gasteiger partial charge on any atom is -0.338 e. The number of carbonyl (C=O) groups is 1. The normalized spacial score (nSPS) is 20.8. The molecule has 0 spiro atoms. The van der Waals surface area contributed by atoms with Crippen LogP contribution in [0.15, 0.2) is 18.5 Å². The Bertz CT molecular complexity index is 795. The van der Waals surface area contributed by atoms with Gasteiger partial charge in [-0.1, -0.05) is 6.92 Å². The van der Waals surface area contributed by atoms with Gasteiger partial charge in [0.25, 0.3) is 0 Å². The van der Waals surface area contributed by atoms with Gasteiger partial charge in [0.15, 0.2) is 0 Å². The van der Waals surface area contributed by atoms with Gasteiger partial charge in [-0.15, -0.1) is 0 Å². The smallest absolute Gasteiger partial charge is 0.227 e. The molecular weight excluding hydrogens is 328 g/mol. The van der Waals surface area contributed by atoms with Crippen LogP contribution in [-0.4, -0.2) is 43.6 Å². The highest BCUT2D eigenvalue weighted by Gasteiger charge is 2.27. The predicted octanol–water partition coefficient (Wildman–Crippen LogP) is 1.63. The number of nitrogens with one attached hydrogen (secondary N) is 1. The average molecular weight is 354 g/mol. The van der Waals surface area contributed by atoms with Crippen LogP contribution in [-0.2, 0) is 24.3 Å². The molecule has 1 fully saturated rings. The number of hydrogen-bond donors (Lipinski definition) is 1. The lowest BCUT2D eigenvalue weighted by Crippen LogP contribution is -2.40. The molecule has 26 heavy (non-hydrogen) atoms. The first kappa shape index (κ1) is 17.1. The summed E-state index contributed by atoms with van der Waals surface area (Å²) in [4.78, 5) is 24.1. The van der Waals surface area contributed by atoms with Gasteiger partial charge in [-0.3, -0.25) is 9.48 Å². The van der Waals surface area contributed by atoms with Gasteiger partial charge in [-0.25, -0.2) is 9.97 Å². The van der Waals surface area contributed by atoms with Crippen molar-refractivity contribution in [2.75, 3.05) is 13.1 Å². The number of rotatable bonds is 4. The maximum Gasteiger partial charge on any atom is 0.227 e. The summed E-state index contributed by atoms with van der Waals surface area (Å²) in [6.45, 7) is 6.91. The Hall–Kier alpha value is -2.28. The molecule has 0 aromatic carbocycles. The van der Waals surface area contributed by atoms with Crippen molar-refractivity contribution in [3.8, 4) is 0 Å². The minimum atomic E-state index is -0.0984. The number of amides is 1. The molecule has 4 rings (SSSR count). The second-order valence-electron chi connectivity index (χ2n) is 7.44. The Morgan fingerprint density at radius 1 is 1.46 bits per heavy atom. The van der Waals surface area contributed by atoms with Gasteiger partial charge in [-0.2, -0.15) is 5.10 Å².